The number of allylic oxidation sites excluding steroid dienone is 2. The van der Waals surface area contributed by atoms with Crippen molar-refractivity contribution in [2.45, 2.75) is 74.3 Å². The molecule has 0 bridgehead atoms. The zero-order chi connectivity index (χ0) is 21.7. The number of carbonyl (C=O) groups is 2. The predicted molar refractivity (Wildman–Crippen MR) is 115 cm³/mol. The predicted octanol–water partition coefficient (Wildman–Crippen LogP) is 4.92. The summed E-state index contributed by atoms with van der Waals surface area (Å²) in [4.78, 5) is 22.2. The van der Waals surface area contributed by atoms with Gasteiger partial charge in [-0.3, -0.25) is 9.59 Å². The van der Waals surface area contributed by atoms with Crippen molar-refractivity contribution in [2.75, 3.05) is 0 Å². The van der Waals surface area contributed by atoms with E-state index in [0.29, 0.717) is 57.4 Å². The summed E-state index contributed by atoms with van der Waals surface area (Å²) in [5.74, 6) is 5.80. The van der Waals surface area contributed by atoms with Gasteiger partial charge in [0.15, 0.2) is 5.78 Å². The van der Waals surface area contributed by atoms with Crippen molar-refractivity contribution in [2.24, 2.45) is 63.6 Å². The van der Waals surface area contributed by atoms with E-state index in [1.165, 1.54) is 0 Å². The second-order valence-electron chi connectivity index (χ2n) is 12.7. The number of carbonyl (C=O) groups excluding carboxylic acids is 2. The highest BCUT2D eigenvalue weighted by molar-refractivity contribution is 5.98. The normalized spacial score (nSPS) is 49.8. The first-order valence-corrected chi connectivity index (χ1v) is 11.7. The minimum atomic E-state index is 0.00926. The lowest BCUT2D eigenvalue weighted by Gasteiger charge is -2.15. The molecule has 29 heavy (non-hydrogen) atoms. The summed E-state index contributed by atoms with van der Waals surface area (Å²) in [5, 5.41) is 9.55. The Hall–Kier alpha value is -0.960. The molecule has 0 aromatic carbocycles. The number of aliphatic hydroxyl groups is 1. The van der Waals surface area contributed by atoms with Crippen molar-refractivity contribution in [1.82, 2.24) is 0 Å². The van der Waals surface area contributed by atoms with Gasteiger partial charge in [-0.1, -0.05) is 61.5 Å². The first kappa shape index (κ1) is 21.3. The van der Waals surface area contributed by atoms with Gasteiger partial charge in [-0.25, -0.2) is 0 Å². The number of aliphatic hydroxyl groups excluding tert-OH is 1. The highest BCUT2D eigenvalue weighted by Crippen LogP contribution is 2.69. The van der Waals surface area contributed by atoms with Gasteiger partial charge >= 0.3 is 0 Å². The summed E-state index contributed by atoms with van der Waals surface area (Å²) < 4.78 is 0. The fourth-order valence-electron chi connectivity index (χ4n) is 8.02. The maximum Gasteiger partial charge on any atom is 0.159 e. The van der Waals surface area contributed by atoms with E-state index in [1.807, 2.05) is 6.08 Å². The fourth-order valence-corrected chi connectivity index (χ4v) is 8.02. The number of hydrogen-bond donors (Lipinski definition) is 1. The third-order valence-electron chi connectivity index (χ3n) is 9.72. The van der Waals surface area contributed by atoms with Gasteiger partial charge in [0, 0.05) is 18.3 Å². The van der Waals surface area contributed by atoms with Gasteiger partial charge in [-0.2, -0.15) is 0 Å². The smallest absolute Gasteiger partial charge is 0.159 e. The molecule has 0 aromatic rings. The molecule has 1 N–H and O–H groups in total. The lowest BCUT2D eigenvalue weighted by atomic mass is 9.93. The standard InChI is InChI=1S/C9H16O.C9H14O.C8H10O/c2*1-5-4-6(10)8-7(5)9(8,2)3;1-8(2)5-3-4-6(9)7(5)8/h5-8,10H,4H2,1-3H3;5,7-8H,4H2,1-3H3;3-5,7H,1-2H3/t5-,6+,7+,8-;5-,7+,8-;5-,7-/m110/s1. The monoisotopic (exact) mass is 400 g/mol. The molecule has 6 aliphatic rings. The molecule has 162 valence electrons. The molecule has 9 atom stereocenters. The number of fused-ring (bicyclic) bond motifs is 3. The Labute approximate surface area is 176 Å². The molecule has 5 saturated carbocycles. The van der Waals surface area contributed by atoms with Crippen LogP contribution in [-0.4, -0.2) is 22.8 Å². The van der Waals surface area contributed by atoms with Crippen molar-refractivity contribution < 1.29 is 14.7 Å². The Balaban J connectivity index is 0.000000106. The second kappa shape index (κ2) is 6.28. The van der Waals surface area contributed by atoms with Crippen LogP contribution in [0, 0.1) is 63.6 Å². The van der Waals surface area contributed by atoms with Gasteiger partial charge in [0.05, 0.1) is 6.10 Å². The van der Waals surface area contributed by atoms with Gasteiger partial charge in [-0.15, -0.1) is 0 Å². The van der Waals surface area contributed by atoms with Gasteiger partial charge in [0.25, 0.3) is 0 Å². The molecule has 0 amide bonds. The molecular weight excluding hydrogens is 360 g/mol. The molecule has 0 unspecified atom stereocenters. The summed E-state index contributed by atoms with van der Waals surface area (Å²) in [7, 11) is 0. The SMILES string of the molecule is CC1(C)[C@@H]2C(=O)C=C[C@@H]21.C[C@@H]1CC(=O)[C@@H]2[C@H]1C2(C)C.C[C@@H]1C[C@H](O)[C@@H]2[C@H]1C2(C)C. The Kier molecular flexibility index (Phi) is 4.61. The highest BCUT2D eigenvalue weighted by atomic mass is 16.3. The van der Waals surface area contributed by atoms with Crippen LogP contribution in [-0.2, 0) is 9.59 Å². The average Bonchev–Trinajstić information content (AvgIpc) is 3.27. The van der Waals surface area contributed by atoms with Gasteiger partial charge in [-0.05, 0) is 64.2 Å². The maximum absolute atomic E-state index is 11.2. The summed E-state index contributed by atoms with van der Waals surface area (Å²) in [6.45, 7) is 17.8. The van der Waals surface area contributed by atoms with Gasteiger partial charge in [0.1, 0.15) is 5.78 Å². The van der Waals surface area contributed by atoms with Crippen LogP contribution in [0.3, 0.4) is 0 Å². The topological polar surface area (TPSA) is 54.4 Å². The maximum atomic E-state index is 11.2. The molecular formula is C26H40O3. The highest BCUT2D eigenvalue weighted by Gasteiger charge is 2.67. The van der Waals surface area contributed by atoms with E-state index < -0.39 is 0 Å². The third-order valence-corrected chi connectivity index (χ3v) is 9.72. The van der Waals surface area contributed by atoms with E-state index in [1.54, 1.807) is 6.08 Å². The molecule has 0 radical (unpaired) electrons. The Bertz CT molecular complexity index is 742. The minimum Gasteiger partial charge on any atom is -0.393 e. The molecule has 0 saturated heterocycles. The van der Waals surface area contributed by atoms with E-state index in [-0.39, 0.29) is 6.10 Å². The van der Waals surface area contributed by atoms with Crippen molar-refractivity contribution in [3.8, 4) is 0 Å². The van der Waals surface area contributed by atoms with E-state index >= 15 is 0 Å². The molecule has 5 fully saturated rings. The van der Waals surface area contributed by atoms with E-state index in [4.69, 9.17) is 0 Å². The largest absolute Gasteiger partial charge is 0.393 e. The Morgan fingerprint density at radius 3 is 1.66 bits per heavy atom. The number of Topliss-reactive ketones (excluding diaryl/α,β-unsaturated/α-hetero) is 1. The van der Waals surface area contributed by atoms with Gasteiger partial charge in [0.2, 0.25) is 0 Å². The number of rotatable bonds is 0. The zero-order valence-corrected chi connectivity index (χ0v) is 19.5. The molecule has 0 heterocycles. The molecule has 6 aliphatic carbocycles. The van der Waals surface area contributed by atoms with E-state index in [9.17, 15) is 14.7 Å². The quantitative estimate of drug-likeness (QED) is 0.628. The minimum absolute atomic E-state index is 0.00926. The molecule has 0 spiro atoms. The summed E-state index contributed by atoms with van der Waals surface area (Å²) in [5.41, 5.74) is 1.11. The lowest BCUT2D eigenvalue weighted by Crippen LogP contribution is -2.14. The summed E-state index contributed by atoms with van der Waals surface area (Å²) in [6, 6.07) is 0. The van der Waals surface area contributed by atoms with Crippen molar-refractivity contribution in [1.29, 1.82) is 0 Å². The van der Waals surface area contributed by atoms with Crippen LogP contribution in [0.1, 0.15) is 68.2 Å². The molecule has 0 aromatic heterocycles. The molecule has 6 rings (SSSR count). The second-order valence-corrected chi connectivity index (χ2v) is 12.7. The third kappa shape index (κ3) is 3.09. The Morgan fingerprint density at radius 2 is 1.45 bits per heavy atom. The number of hydrogen-bond acceptors (Lipinski definition) is 3. The van der Waals surface area contributed by atoms with E-state index in [0.717, 1.165) is 30.6 Å². The summed E-state index contributed by atoms with van der Waals surface area (Å²) in [6.07, 6.45) is 5.67. The van der Waals surface area contributed by atoms with Crippen molar-refractivity contribution in [3.63, 3.8) is 0 Å². The summed E-state index contributed by atoms with van der Waals surface area (Å²) >= 11 is 0. The molecule has 3 heteroatoms. The average molecular weight is 401 g/mol. The van der Waals surface area contributed by atoms with Crippen LogP contribution < -0.4 is 0 Å². The Morgan fingerprint density at radius 1 is 0.828 bits per heavy atom. The van der Waals surface area contributed by atoms with Crippen molar-refractivity contribution in [3.05, 3.63) is 12.2 Å². The van der Waals surface area contributed by atoms with Crippen LogP contribution in [0.5, 0.6) is 0 Å². The van der Waals surface area contributed by atoms with Crippen molar-refractivity contribution >= 4 is 11.6 Å². The first-order valence-electron chi connectivity index (χ1n) is 11.7. The van der Waals surface area contributed by atoms with Gasteiger partial charge < -0.3 is 5.11 Å². The van der Waals surface area contributed by atoms with Crippen LogP contribution in [0.25, 0.3) is 0 Å². The number of ketones is 2. The molecule has 3 nitrogen and oxygen atoms in total. The zero-order valence-electron chi connectivity index (χ0n) is 19.5. The van der Waals surface area contributed by atoms with Crippen LogP contribution >= 0.6 is 0 Å². The van der Waals surface area contributed by atoms with E-state index in [2.05, 4.69) is 55.4 Å². The fraction of sp³-hybridized carbons (Fsp3) is 0.846. The van der Waals surface area contributed by atoms with Crippen LogP contribution in [0.2, 0.25) is 0 Å². The van der Waals surface area contributed by atoms with Crippen LogP contribution in [0.4, 0.5) is 0 Å². The first-order chi connectivity index (χ1) is 13.2. The lowest BCUT2D eigenvalue weighted by molar-refractivity contribution is -0.120. The molecule has 0 aliphatic heterocycles. The van der Waals surface area contributed by atoms with Crippen LogP contribution in [0.15, 0.2) is 12.2 Å².